The topological polar surface area (TPSA) is 66.2 Å². The van der Waals surface area contributed by atoms with Crippen LogP contribution in [0.5, 0.6) is 11.8 Å². The van der Waals surface area contributed by atoms with Crippen molar-refractivity contribution < 1.29 is 10.2 Å². The number of aromatic hydroxyl groups is 2. The van der Waals surface area contributed by atoms with Gasteiger partial charge in [0.25, 0.3) is 0 Å². The smallest absolute Gasteiger partial charge is 0.230 e. The summed E-state index contributed by atoms with van der Waals surface area (Å²) in [5.74, 6) is -0.0700. The fourth-order valence-corrected chi connectivity index (χ4v) is 4.86. The minimum Gasteiger partial charge on any atom is -0.492 e. The first-order chi connectivity index (χ1) is 12.5. The Morgan fingerprint density at radius 1 is 0.615 bits per heavy atom. The SMILES string of the molecule is Oc1nc(-c2nc(O)c(-c3ccc(Br)cc3)s2)sc1-c1ccc(Br)cc1. The average molecular weight is 510 g/mol. The molecular weight excluding hydrogens is 500 g/mol. The minimum absolute atomic E-state index is 0.0350. The van der Waals surface area contributed by atoms with Crippen LogP contribution in [0.1, 0.15) is 0 Å². The van der Waals surface area contributed by atoms with Gasteiger partial charge in [-0.2, -0.15) is 9.97 Å². The lowest BCUT2D eigenvalue weighted by Crippen LogP contribution is -1.74. The summed E-state index contributed by atoms with van der Waals surface area (Å²) in [5.41, 5.74) is 1.76. The number of aromatic nitrogens is 2. The molecule has 0 atom stereocenters. The van der Waals surface area contributed by atoms with Crippen LogP contribution in [-0.4, -0.2) is 20.2 Å². The lowest BCUT2D eigenvalue weighted by molar-refractivity contribution is 0.457. The molecule has 26 heavy (non-hydrogen) atoms. The normalized spacial score (nSPS) is 11.0. The highest BCUT2D eigenvalue weighted by Crippen LogP contribution is 2.44. The molecule has 2 aromatic carbocycles. The molecule has 0 aliphatic carbocycles. The van der Waals surface area contributed by atoms with Gasteiger partial charge in [0.1, 0.15) is 0 Å². The average Bonchev–Trinajstić information content (AvgIpc) is 3.20. The molecule has 0 saturated heterocycles. The molecule has 0 amide bonds. The fourth-order valence-electron chi connectivity index (χ4n) is 2.39. The Bertz CT molecular complexity index is 986. The highest BCUT2D eigenvalue weighted by atomic mass is 79.9. The number of nitrogens with zero attached hydrogens (tertiary/aromatic N) is 2. The van der Waals surface area contributed by atoms with Crippen LogP contribution in [0.15, 0.2) is 57.5 Å². The number of thiazole rings is 2. The van der Waals surface area contributed by atoms with E-state index < -0.39 is 0 Å². The van der Waals surface area contributed by atoms with Gasteiger partial charge >= 0.3 is 0 Å². The highest BCUT2D eigenvalue weighted by molar-refractivity contribution is 9.10. The predicted molar refractivity (Wildman–Crippen MR) is 113 cm³/mol. The summed E-state index contributed by atoms with van der Waals surface area (Å²) in [7, 11) is 0. The molecule has 0 bridgehead atoms. The van der Waals surface area contributed by atoms with Crippen LogP contribution in [0.4, 0.5) is 0 Å². The van der Waals surface area contributed by atoms with Crippen molar-refractivity contribution >= 4 is 54.5 Å². The number of hydrogen-bond acceptors (Lipinski definition) is 6. The van der Waals surface area contributed by atoms with E-state index in [4.69, 9.17) is 0 Å². The molecule has 8 heteroatoms. The highest BCUT2D eigenvalue weighted by Gasteiger charge is 2.19. The van der Waals surface area contributed by atoms with Gasteiger partial charge in [-0.15, -0.1) is 22.7 Å². The Kier molecular flexibility index (Phi) is 4.83. The second-order valence-electron chi connectivity index (χ2n) is 5.36. The molecule has 0 aliphatic heterocycles. The zero-order valence-corrected chi connectivity index (χ0v) is 17.8. The quantitative estimate of drug-likeness (QED) is 0.329. The Morgan fingerprint density at radius 2 is 0.962 bits per heavy atom. The number of hydrogen-bond donors (Lipinski definition) is 2. The van der Waals surface area contributed by atoms with Gasteiger partial charge in [0, 0.05) is 8.95 Å². The van der Waals surface area contributed by atoms with Gasteiger partial charge in [0.2, 0.25) is 11.8 Å². The summed E-state index contributed by atoms with van der Waals surface area (Å²) in [6.45, 7) is 0. The summed E-state index contributed by atoms with van der Waals surface area (Å²) in [6.07, 6.45) is 0. The zero-order valence-electron chi connectivity index (χ0n) is 13.0. The molecule has 130 valence electrons. The second-order valence-corrected chi connectivity index (χ2v) is 9.19. The van der Waals surface area contributed by atoms with E-state index in [1.165, 1.54) is 22.7 Å². The van der Waals surface area contributed by atoms with Crippen LogP contribution in [-0.2, 0) is 0 Å². The lowest BCUT2D eigenvalue weighted by Gasteiger charge is -1.97. The first kappa shape index (κ1) is 17.7. The molecule has 2 heterocycles. The van der Waals surface area contributed by atoms with Crippen molar-refractivity contribution in [3.63, 3.8) is 0 Å². The molecule has 4 rings (SSSR count). The van der Waals surface area contributed by atoms with Crippen LogP contribution in [0.2, 0.25) is 0 Å². The van der Waals surface area contributed by atoms with Gasteiger partial charge < -0.3 is 10.2 Å². The predicted octanol–water partition coefficient (Wildman–Crippen LogP) is 6.54. The van der Waals surface area contributed by atoms with Crippen molar-refractivity contribution in [1.29, 1.82) is 0 Å². The molecule has 0 fully saturated rings. The van der Waals surface area contributed by atoms with Crippen LogP contribution in [0.25, 0.3) is 30.9 Å². The fraction of sp³-hybridized carbons (Fsp3) is 0. The largest absolute Gasteiger partial charge is 0.492 e. The number of rotatable bonds is 3. The zero-order chi connectivity index (χ0) is 18.3. The van der Waals surface area contributed by atoms with Crippen molar-refractivity contribution in [2.45, 2.75) is 0 Å². The van der Waals surface area contributed by atoms with E-state index in [1.54, 1.807) is 0 Å². The van der Waals surface area contributed by atoms with E-state index in [9.17, 15) is 10.2 Å². The maximum atomic E-state index is 10.2. The molecular formula is C18H10Br2N2O2S2. The molecule has 0 saturated carbocycles. The van der Waals surface area contributed by atoms with E-state index in [2.05, 4.69) is 41.8 Å². The van der Waals surface area contributed by atoms with E-state index >= 15 is 0 Å². The molecule has 2 N–H and O–H groups in total. The van der Waals surface area contributed by atoms with E-state index in [-0.39, 0.29) is 11.8 Å². The molecule has 2 aromatic heterocycles. The summed E-state index contributed by atoms with van der Waals surface area (Å²) < 4.78 is 1.93. The first-order valence-electron chi connectivity index (χ1n) is 7.43. The Hall–Kier alpha value is -1.74. The summed E-state index contributed by atoms with van der Waals surface area (Å²) in [4.78, 5) is 9.81. The molecule has 4 aromatic rings. The Labute approximate surface area is 174 Å². The second kappa shape index (κ2) is 7.11. The molecule has 0 radical (unpaired) electrons. The van der Waals surface area contributed by atoms with E-state index in [0.29, 0.717) is 19.8 Å². The van der Waals surface area contributed by atoms with E-state index in [0.717, 1.165) is 20.1 Å². The number of benzene rings is 2. The van der Waals surface area contributed by atoms with Crippen molar-refractivity contribution in [3.05, 3.63) is 57.5 Å². The van der Waals surface area contributed by atoms with Crippen LogP contribution in [0.3, 0.4) is 0 Å². The summed E-state index contributed by atoms with van der Waals surface area (Å²) in [5, 5.41) is 21.6. The van der Waals surface area contributed by atoms with Gasteiger partial charge in [-0.05, 0) is 35.4 Å². The van der Waals surface area contributed by atoms with Gasteiger partial charge in [0.15, 0.2) is 10.0 Å². The van der Waals surface area contributed by atoms with Crippen LogP contribution >= 0.6 is 54.5 Å². The maximum absolute atomic E-state index is 10.2. The Balaban J connectivity index is 1.73. The summed E-state index contributed by atoms with van der Waals surface area (Å²) >= 11 is 9.49. The maximum Gasteiger partial charge on any atom is 0.230 e. The third kappa shape index (κ3) is 3.42. The molecule has 0 unspecified atom stereocenters. The van der Waals surface area contributed by atoms with E-state index in [1.807, 2.05) is 48.5 Å². The molecule has 0 spiro atoms. The van der Waals surface area contributed by atoms with Gasteiger partial charge in [-0.25, -0.2) is 0 Å². The monoisotopic (exact) mass is 508 g/mol. The number of halogens is 2. The van der Waals surface area contributed by atoms with Crippen LogP contribution in [0, 0.1) is 0 Å². The first-order valence-corrected chi connectivity index (χ1v) is 10.6. The van der Waals surface area contributed by atoms with Crippen molar-refractivity contribution in [2.75, 3.05) is 0 Å². The van der Waals surface area contributed by atoms with Crippen molar-refractivity contribution in [1.82, 2.24) is 9.97 Å². The third-order valence-electron chi connectivity index (χ3n) is 3.61. The standard InChI is InChI=1S/C18H10Br2N2O2S2/c19-11-5-1-9(2-6-11)13-15(23)21-17(25-13)18-22-16(24)14(26-18)10-3-7-12(20)8-4-10/h1-8,23-24H. The van der Waals surface area contributed by atoms with Crippen molar-refractivity contribution in [2.24, 2.45) is 0 Å². The van der Waals surface area contributed by atoms with Gasteiger partial charge in [0.05, 0.1) is 9.75 Å². The summed E-state index contributed by atoms with van der Waals surface area (Å²) in [6, 6.07) is 15.3. The lowest BCUT2D eigenvalue weighted by atomic mass is 10.2. The third-order valence-corrected chi connectivity index (χ3v) is 7.00. The van der Waals surface area contributed by atoms with Crippen LogP contribution < -0.4 is 0 Å². The van der Waals surface area contributed by atoms with Gasteiger partial charge in [-0.3, -0.25) is 0 Å². The van der Waals surface area contributed by atoms with Gasteiger partial charge in [-0.1, -0.05) is 56.1 Å². The van der Waals surface area contributed by atoms with Crippen molar-refractivity contribution in [3.8, 4) is 42.7 Å². The molecule has 0 aliphatic rings. The molecule has 4 nitrogen and oxygen atoms in total. The Morgan fingerprint density at radius 3 is 1.31 bits per heavy atom. The minimum atomic E-state index is -0.0350.